The number of aromatic nitrogens is 1. The number of hydrogen-bond donors (Lipinski definition) is 4. The molecular formula is C23H27ClN6O2S. The molecule has 1 heterocycles. The van der Waals surface area contributed by atoms with Crippen molar-refractivity contribution in [2.24, 2.45) is 4.99 Å². The smallest absolute Gasteiger partial charge is 0.321 e. The first-order valence-corrected chi connectivity index (χ1v) is 11.8. The van der Waals surface area contributed by atoms with Gasteiger partial charge in [0.15, 0.2) is 0 Å². The van der Waals surface area contributed by atoms with Gasteiger partial charge in [-0.25, -0.2) is 14.8 Å². The Bertz CT molecular complexity index is 1150. The van der Waals surface area contributed by atoms with E-state index < -0.39 is 6.03 Å². The van der Waals surface area contributed by atoms with Crippen molar-refractivity contribution >= 4 is 56.7 Å². The third-order valence-electron chi connectivity index (χ3n) is 4.58. The second-order valence-electron chi connectivity index (χ2n) is 7.49. The minimum absolute atomic E-state index is 0.152. The zero-order valence-corrected chi connectivity index (χ0v) is 20.3. The van der Waals surface area contributed by atoms with Crippen molar-refractivity contribution in [2.75, 3.05) is 6.54 Å². The summed E-state index contributed by atoms with van der Waals surface area (Å²) in [6.07, 6.45) is 0.879. The molecule has 174 valence electrons. The number of carbonyl (C=O) groups is 2. The monoisotopic (exact) mass is 486 g/mol. The maximum absolute atomic E-state index is 12.5. The Morgan fingerprint density at radius 2 is 1.91 bits per heavy atom. The van der Waals surface area contributed by atoms with E-state index in [4.69, 9.17) is 11.6 Å². The fourth-order valence-corrected chi connectivity index (χ4v) is 4.07. The minimum Gasteiger partial charge on any atom is -0.352 e. The summed E-state index contributed by atoms with van der Waals surface area (Å²) in [5.74, 6) is 0.149. The quantitative estimate of drug-likeness (QED) is 0.297. The van der Waals surface area contributed by atoms with Crippen molar-refractivity contribution in [3.63, 3.8) is 0 Å². The molecule has 8 nitrogen and oxygen atoms in total. The van der Waals surface area contributed by atoms with Gasteiger partial charge in [-0.1, -0.05) is 30.7 Å². The predicted molar refractivity (Wildman–Crippen MR) is 134 cm³/mol. The van der Waals surface area contributed by atoms with Gasteiger partial charge in [-0.2, -0.15) is 0 Å². The fourth-order valence-electron chi connectivity index (χ4n) is 3.01. The lowest BCUT2D eigenvalue weighted by Crippen LogP contribution is -2.49. The molecular weight excluding hydrogens is 460 g/mol. The van der Waals surface area contributed by atoms with Gasteiger partial charge in [-0.05, 0) is 49.2 Å². The number of nitrogens with one attached hydrogen (secondary N) is 4. The maximum atomic E-state index is 12.5. The van der Waals surface area contributed by atoms with E-state index in [1.54, 1.807) is 11.3 Å². The molecule has 0 aliphatic carbocycles. The number of hydrogen-bond acceptors (Lipinski definition) is 5. The number of amides is 3. The number of rotatable bonds is 7. The standard InChI is InChI=1S/C23H27ClN6O2S/c1-4-21-29-19-10-9-18(11-20(19)33-21)28-22(25-13-16-5-7-17(24)8-6-16)30-23(32)26-12-14(2)27-15(3)31/h5-11,14H,4,12-13H2,1-3H3,(H,27,31)(H3,25,26,28,30,32)/t14-/m0/s1. The van der Waals surface area contributed by atoms with Crippen molar-refractivity contribution in [1.82, 2.24) is 26.3 Å². The van der Waals surface area contributed by atoms with Gasteiger partial charge in [0, 0.05) is 31.1 Å². The van der Waals surface area contributed by atoms with Crippen LogP contribution in [-0.2, 0) is 17.8 Å². The van der Waals surface area contributed by atoms with Crippen molar-refractivity contribution < 1.29 is 9.59 Å². The summed E-state index contributed by atoms with van der Waals surface area (Å²) < 4.78 is 1.04. The molecule has 0 fully saturated rings. The number of thiazole rings is 1. The van der Waals surface area contributed by atoms with Crippen LogP contribution in [0.2, 0.25) is 5.02 Å². The molecule has 0 saturated heterocycles. The van der Waals surface area contributed by atoms with Gasteiger partial charge < -0.3 is 16.0 Å². The van der Waals surface area contributed by atoms with Gasteiger partial charge >= 0.3 is 6.03 Å². The summed E-state index contributed by atoms with van der Waals surface area (Å²) in [6, 6.07) is 12.5. The first kappa shape index (κ1) is 24.5. The number of carbonyl (C=O) groups excluding carboxylic acids is 2. The van der Waals surface area contributed by atoms with Gasteiger partial charge in [0.2, 0.25) is 11.9 Å². The lowest BCUT2D eigenvalue weighted by atomic mass is 10.2. The maximum Gasteiger partial charge on any atom is 0.321 e. The number of urea groups is 1. The van der Waals surface area contributed by atoms with Crippen LogP contribution in [-0.4, -0.2) is 35.5 Å². The van der Waals surface area contributed by atoms with Crippen molar-refractivity contribution in [2.45, 2.75) is 39.8 Å². The largest absolute Gasteiger partial charge is 0.352 e. The molecule has 0 unspecified atom stereocenters. The molecule has 4 N–H and O–H groups in total. The molecule has 10 heteroatoms. The topological polar surface area (TPSA) is 108 Å². The van der Waals surface area contributed by atoms with E-state index in [0.717, 1.165) is 27.2 Å². The zero-order chi connectivity index (χ0) is 23.8. The highest BCUT2D eigenvalue weighted by Crippen LogP contribution is 2.26. The first-order chi connectivity index (χ1) is 15.8. The normalized spacial score (nSPS) is 12.3. The highest BCUT2D eigenvalue weighted by Gasteiger charge is 2.10. The van der Waals surface area contributed by atoms with E-state index in [1.807, 2.05) is 49.4 Å². The number of nitrogens with zero attached hydrogens (tertiary/aromatic N) is 2. The fraction of sp³-hybridized carbons (Fsp3) is 0.304. The molecule has 0 radical (unpaired) electrons. The summed E-state index contributed by atoms with van der Waals surface area (Å²) in [4.78, 5) is 32.8. The Balaban J connectivity index is 1.74. The van der Waals surface area contributed by atoms with Gasteiger partial charge in [-0.15, -0.1) is 11.3 Å². The number of fused-ring (bicyclic) bond motifs is 1. The Morgan fingerprint density at radius 1 is 1.15 bits per heavy atom. The second-order valence-corrected chi connectivity index (χ2v) is 9.04. The summed E-state index contributed by atoms with van der Waals surface area (Å²) in [5, 5.41) is 13.1. The molecule has 0 aliphatic heterocycles. The van der Waals surface area contributed by atoms with Gasteiger partial charge in [0.1, 0.15) is 0 Å². The van der Waals surface area contributed by atoms with Crippen LogP contribution in [0.5, 0.6) is 0 Å². The van der Waals surface area contributed by atoms with E-state index in [2.05, 4.69) is 38.2 Å². The Hall–Kier alpha value is -3.17. The molecule has 0 aliphatic rings. The molecule has 1 atom stereocenters. The van der Waals surface area contributed by atoms with Gasteiger partial charge in [0.05, 0.1) is 20.9 Å². The van der Waals surface area contributed by atoms with Crippen LogP contribution in [0.3, 0.4) is 0 Å². The summed E-state index contributed by atoms with van der Waals surface area (Å²) >= 11 is 7.60. The minimum atomic E-state index is -0.429. The second kappa shape index (κ2) is 11.6. The van der Waals surface area contributed by atoms with E-state index in [0.29, 0.717) is 23.2 Å². The van der Waals surface area contributed by atoms with E-state index in [-0.39, 0.29) is 18.5 Å². The zero-order valence-electron chi connectivity index (χ0n) is 18.7. The first-order valence-electron chi connectivity index (χ1n) is 10.6. The number of aryl methyl sites for hydroxylation is 1. The molecule has 3 aromatic rings. The van der Waals surface area contributed by atoms with Gasteiger partial charge in [0.25, 0.3) is 0 Å². The van der Waals surface area contributed by atoms with Crippen LogP contribution in [0.15, 0.2) is 47.5 Å². The highest BCUT2D eigenvalue weighted by molar-refractivity contribution is 7.18. The van der Waals surface area contributed by atoms with Crippen LogP contribution >= 0.6 is 22.9 Å². The SMILES string of the molecule is CCc1nc2ccc(/N=C(/NCc3ccc(Cl)cc3)NC(=O)NC[C@H](C)NC(C)=O)cc2s1. The summed E-state index contributed by atoms with van der Waals surface area (Å²) in [7, 11) is 0. The van der Waals surface area contributed by atoms with Crippen LogP contribution in [0.25, 0.3) is 10.2 Å². The molecule has 33 heavy (non-hydrogen) atoms. The predicted octanol–water partition coefficient (Wildman–Crippen LogP) is 4.11. The van der Waals surface area contributed by atoms with Crippen LogP contribution in [0.1, 0.15) is 31.3 Å². The van der Waals surface area contributed by atoms with Crippen molar-refractivity contribution in [3.8, 4) is 0 Å². The Kier molecular flexibility index (Phi) is 8.62. The number of aliphatic imine (C=N–C) groups is 1. The van der Waals surface area contributed by atoms with E-state index in [9.17, 15) is 9.59 Å². The summed E-state index contributed by atoms with van der Waals surface area (Å²) in [6.45, 7) is 6.05. The molecule has 3 amide bonds. The van der Waals surface area contributed by atoms with Crippen LogP contribution < -0.4 is 21.3 Å². The van der Waals surface area contributed by atoms with Crippen molar-refractivity contribution in [3.05, 3.63) is 58.1 Å². The van der Waals surface area contributed by atoms with Crippen LogP contribution in [0, 0.1) is 0 Å². The summed E-state index contributed by atoms with van der Waals surface area (Å²) in [5.41, 5.74) is 2.61. The van der Waals surface area contributed by atoms with Gasteiger partial charge in [-0.3, -0.25) is 10.1 Å². The molecule has 0 bridgehead atoms. The Labute approximate surface area is 201 Å². The lowest BCUT2D eigenvalue weighted by molar-refractivity contribution is -0.119. The molecule has 1 aromatic heterocycles. The third kappa shape index (κ3) is 7.73. The molecule has 2 aromatic carbocycles. The molecule has 0 saturated carbocycles. The van der Waals surface area contributed by atoms with E-state index in [1.165, 1.54) is 6.92 Å². The average Bonchev–Trinajstić information content (AvgIpc) is 3.19. The number of guanidine groups is 1. The Morgan fingerprint density at radius 3 is 2.61 bits per heavy atom. The molecule has 3 rings (SSSR count). The average molecular weight is 487 g/mol. The van der Waals surface area contributed by atoms with Crippen LogP contribution in [0.4, 0.5) is 10.5 Å². The number of halogens is 1. The highest BCUT2D eigenvalue weighted by atomic mass is 35.5. The van der Waals surface area contributed by atoms with Crippen molar-refractivity contribution in [1.29, 1.82) is 0 Å². The number of benzene rings is 2. The molecule has 0 spiro atoms. The van der Waals surface area contributed by atoms with E-state index >= 15 is 0 Å². The third-order valence-corrected chi connectivity index (χ3v) is 6.00. The lowest BCUT2D eigenvalue weighted by Gasteiger charge is -2.15.